The fourth-order valence-corrected chi connectivity index (χ4v) is 5.73. The van der Waals surface area contributed by atoms with E-state index in [-0.39, 0.29) is 37.3 Å². The van der Waals surface area contributed by atoms with Gasteiger partial charge in [0, 0.05) is 29.7 Å². The van der Waals surface area contributed by atoms with Gasteiger partial charge in [0.25, 0.3) is 0 Å². The molecule has 3 aromatic carbocycles. The number of hydrogen-bond acceptors (Lipinski definition) is 3. The molecule has 0 aliphatic rings. The summed E-state index contributed by atoms with van der Waals surface area (Å²) in [5.74, 6) is 2.07. The van der Waals surface area contributed by atoms with Crippen LogP contribution < -0.4 is 4.74 Å². The molecule has 0 fully saturated rings. The van der Waals surface area contributed by atoms with E-state index in [0.29, 0.717) is 11.6 Å². The molecular weight excluding hydrogens is 734 g/mol. The van der Waals surface area contributed by atoms with Gasteiger partial charge in [0.15, 0.2) is 0 Å². The molecular formula is C40H41N3OPt. The Bertz CT molecular complexity index is 2000. The van der Waals surface area contributed by atoms with Crippen LogP contribution in [0.15, 0.2) is 85.2 Å². The average molecular weight is 775 g/mol. The Balaban J connectivity index is 0.00000400. The molecule has 0 amide bonds. The predicted octanol–water partition coefficient (Wildman–Crippen LogP) is 10.5. The molecule has 0 saturated carbocycles. The first kappa shape index (κ1) is 32.6. The summed E-state index contributed by atoms with van der Waals surface area (Å²) in [5, 5.41) is 2.40. The van der Waals surface area contributed by atoms with Crippen LogP contribution in [0.25, 0.3) is 38.8 Å². The van der Waals surface area contributed by atoms with Crippen molar-refractivity contribution in [2.24, 2.45) is 0 Å². The van der Waals surface area contributed by atoms with Crippen LogP contribution in [0.2, 0.25) is 0 Å². The number of fused-ring (bicyclic) bond motifs is 3. The maximum absolute atomic E-state index is 6.21. The topological polar surface area (TPSA) is 39.9 Å². The smallest absolute Gasteiger partial charge is 0.460 e. The van der Waals surface area contributed by atoms with Crippen molar-refractivity contribution in [1.82, 2.24) is 14.5 Å². The Kier molecular flexibility index (Phi) is 8.61. The minimum Gasteiger partial charge on any atom is -0.460 e. The molecule has 0 bridgehead atoms. The van der Waals surface area contributed by atoms with Crippen LogP contribution in [0.5, 0.6) is 11.6 Å². The molecule has 3 heterocycles. The predicted molar refractivity (Wildman–Crippen MR) is 182 cm³/mol. The van der Waals surface area contributed by atoms with Gasteiger partial charge in [-0.15, -0.1) is 18.2 Å². The van der Waals surface area contributed by atoms with Gasteiger partial charge >= 0.3 is 21.1 Å². The number of benzene rings is 3. The van der Waals surface area contributed by atoms with Gasteiger partial charge in [0.05, 0.1) is 0 Å². The largest absolute Gasteiger partial charge is 2.00 e. The summed E-state index contributed by atoms with van der Waals surface area (Å²) in [7, 11) is 0. The molecule has 6 aromatic rings. The molecule has 0 saturated heterocycles. The first-order chi connectivity index (χ1) is 20.7. The minimum atomic E-state index is -0.0320. The first-order valence-corrected chi connectivity index (χ1v) is 15.3. The van der Waals surface area contributed by atoms with Gasteiger partial charge in [0.1, 0.15) is 5.82 Å². The van der Waals surface area contributed by atoms with E-state index in [4.69, 9.17) is 9.72 Å². The van der Waals surface area contributed by atoms with Crippen molar-refractivity contribution in [3.8, 4) is 28.6 Å². The second kappa shape index (κ2) is 11.9. The molecule has 4 nitrogen and oxygen atoms in total. The van der Waals surface area contributed by atoms with E-state index in [0.717, 1.165) is 33.4 Å². The van der Waals surface area contributed by atoms with Gasteiger partial charge in [0.2, 0.25) is 5.88 Å². The Hall–Kier alpha value is -3.75. The Morgan fingerprint density at radius 3 is 1.98 bits per heavy atom. The average Bonchev–Trinajstić information content (AvgIpc) is 3.30. The SMILES string of the molecule is CC(C)(C)c1ccnc(Oc2[c-]c(-c3[c-]c4c(cc3)c3c(C(C)(C)C)cccc3n4-c3cc(C(C)(C)C)ccn3)ccc2)c1.[Pt+2]. The molecule has 0 unspecified atom stereocenters. The summed E-state index contributed by atoms with van der Waals surface area (Å²) in [6, 6.07) is 32.5. The van der Waals surface area contributed by atoms with Gasteiger partial charge < -0.3 is 9.30 Å². The maximum Gasteiger partial charge on any atom is 2.00 e. The molecule has 0 spiro atoms. The molecule has 0 atom stereocenters. The van der Waals surface area contributed by atoms with Crippen molar-refractivity contribution in [2.45, 2.75) is 78.6 Å². The summed E-state index contributed by atoms with van der Waals surface area (Å²) in [6.07, 6.45) is 3.72. The van der Waals surface area contributed by atoms with Crippen LogP contribution in [0.1, 0.15) is 79.0 Å². The fourth-order valence-electron chi connectivity index (χ4n) is 5.73. The molecule has 0 aliphatic carbocycles. The molecule has 0 N–H and O–H groups in total. The minimum absolute atomic E-state index is 0. The van der Waals surface area contributed by atoms with Crippen LogP contribution in [-0.2, 0) is 37.3 Å². The second-order valence-electron chi connectivity index (χ2n) is 14.7. The molecule has 0 aliphatic heterocycles. The fraction of sp³-hybridized carbons (Fsp3) is 0.300. The van der Waals surface area contributed by atoms with Crippen LogP contribution in [0.4, 0.5) is 0 Å². The zero-order valence-electron chi connectivity index (χ0n) is 27.6. The number of ether oxygens (including phenoxy) is 1. The van der Waals surface area contributed by atoms with Crippen molar-refractivity contribution in [3.05, 3.63) is 114 Å². The first-order valence-electron chi connectivity index (χ1n) is 15.3. The Morgan fingerprint density at radius 1 is 0.644 bits per heavy atom. The number of aromatic nitrogens is 3. The van der Waals surface area contributed by atoms with Gasteiger partial charge in [-0.25, -0.2) is 21.1 Å². The van der Waals surface area contributed by atoms with Crippen molar-refractivity contribution < 1.29 is 25.8 Å². The maximum atomic E-state index is 6.21. The molecule has 232 valence electrons. The van der Waals surface area contributed by atoms with E-state index < -0.39 is 0 Å². The van der Waals surface area contributed by atoms with Crippen LogP contribution in [0, 0.1) is 12.1 Å². The number of hydrogen-bond donors (Lipinski definition) is 0. The van der Waals surface area contributed by atoms with E-state index in [9.17, 15) is 0 Å². The van der Waals surface area contributed by atoms with Crippen molar-refractivity contribution in [3.63, 3.8) is 0 Å². The normalized spacial score (nSPS) is 12.4. The number of nitrogens with zero attached hydrogens (tertiary/aromatic N) is 3. The van der Waals surface area contributed by atoms with Gasteiger partial charge in [-0.1, -0.05) is 79.8 Å². The third kappa shape index (κ3) is 6.49. The standard InChI is InChI=1S/C40H41N3O.Pt/c1-38(2,3)28-18-20-41-35(24-28)43-33-15-11-14-32(40(7,8)9)37(33)31-17-16-27(23-34(31)43)26-12-10-13-30(22-26)44-36-25-29(19-21-42-36)39(4,5)6;/h10-21,24-25H,1-9H3;/q-2;+2. The third-order valence-corrected chi connectivity index (χ3v) is 8.22. The van der Waals surface area contributed by atoms with E-state index >= 15 is 0 Å². The summed E-state index contributed by atoms with van der Waals surface area (Å²) >= 11 is 0. The molecule has 6 rings (SSSR count). The zero-order chi connectivity index (χ0) is 31.4. The van der Waals surface area contributed by atoms with Gasteiger partial charge in [-0.2, -0.15) is 24.3 Å². The van der Waals surface area contributed by atoms with E-state index in [2.05, 4.69) is 133 Å². The second-order valence-corrected chi connectivity index (χ2v) is 14.7. The van der Waals surface area contributed by atoms with Gasteiger partial charge in [-0.3, -0.25) is 0 Å². The summed E-state index contributed by atoms with van der Waals surface area (Å²) in [5.41, 5.74) is 7.65. The van der Waals surface area contributed by atoms with Crippen molar-refractivity contribution in [2.75, 3.05) is 0 Å². The monoisotopic (exact) mass is 774 g/mol. The van der Waals surface area contributed by atoms with Gasteiger partial charge in [-0.05, 0) is 68.1 Å². The van der Waals surface area contributed by atoms with Crippen LogP contribution in [0.3, 0.4) is 0 Å². The van der Waals surface area contributed by atoms with Crippen molar-refractivity contribution >= 4 is 21.8 Å². The molecule has 0 radical (unpaired) electrons. The van der Waals surface area contributed by atoms with Crippen LogP contribution >= 0.6 is 0 Å². The van der Waals surface area contributed by atoms with E-state index in [1.165, 1.54) is 22.1 Å². The van der Waals surface area contributed by atoms with Crippen LogP contribution in [-0.4, -0.2) is 14.5 Å². The summed E-state index contributed by atoms with van der Waals surface area (Å²) in [4.78, 5) is 9.34. The van der Waals surface area contributed by atoms with Crippen molar-refractivity contribution in [1.29, 1.82) is 0 Å². The molecule has 5 heteroatoms. The number of rotatable bonds is 4. The Labute approximate surface area is 282 Å². The molecule has 3 aromatic heterocycles. The summed E-state index contributed by atoms with van der Waals surface area (Å²) in [6.45, 7) is 20.1. The zero-order valence-corrected chi connectivity index (χ0v) is 29.9. The third-order valence-electron chi connectivity index (χ3n) is 8.22. The Morgan fingerprint density at radius 2 is 1.29 bits per heavy atom. The van der Waals surface area contributed by atoms with E-state index in [1.807, 2.05) is 30.5 Å². The quantitative estimate of drug-likeness (QED) is 0.168. The number of pyridine rings is 2. The summed E-state index contributed by atoms with van der Waals surface area (Å²) < 4.78 is 8.47. The van der Waals surface area contributed by atoms with E-state index in [1.54, 1.807) is 6.20 Å². The molecule has 45 heavy (non-hydrogen) atoms.